The zero-order valence-corrected chi connectivity index (χ0v) is 10.6. The second kappa shape index (κ2) is 5.34. The largest absolute Gasteiger partial charge is 0.445 e. The molecule has 4 heteroatoms. The summed E-state index contributed by atoms with van der Waals surface area (Å²) in [5, 5.41) is 3.08. The van der Waals surface area contributed by atoms with Crippen molar-refractivity contribution in [3.8, 4) is 0 Å². The molecule has 1 amide bonds. The number of rotatable bonds is 3. The average molecular weight is 236 g/mol. The van der Waals surface area contributed by atoms with Gasteiger partial charge in [0.1, 0.15) is 5.76 Å². The highest BCUT2D eigenvalue weighted by Gasteiger charge is 2.17. The molecule has 1 saturated carbocycles. The number of carbonyl (C=O) groups is 1. The summed E-state index contributed by atoms with van der Waals surface area (Å²) in [7, 11) is 0. The molecule has 1 aromatic heterocycles. The fourth-order valence-electron chi connectivity index (χ4n) is 2.41. The van der Waals surface area contributed by atoms with E-state index in [-0.39, 0.29) is 5.91 Å². The van der Waals surface area contributed by atoms with Gasteiger partial charge in [0, 0.05) is 13.0 Å². The summed E-state index contributed by atoms with van der Waals surface area (Å²) >= 11 is 0. The molecule has 1 aromatic rings. The highest BCUT2D eigenvalue weighted by molar-refractivity contribution is 5.78. The third-order valence-electron chi connectivity index (χ3n) is 3.29. The molecule has 1 fully saturated rings. The van der Waals surface area contributed by atoms with Crippen molar-refractivity contribution in [3.05, 3.63) is 17.3 Å². The monoisotopic (exact) mass is 236 g/mol. The van der Waals surface area contributed by atoms with E-state index in [0.717, 1.165) is 18.5 Å². The van der Waals surface area contributed by atoms with E-state index in [9.17, 15) is 4.79 Å². The first kappa shape index (κ1) is 12.1. The molecule has 94 valence electrons. The lowest BCUT2D eigenvalue weighted by Gasteiger charge is -2.22. The van der Waals surface area contributed by atoms with E-state index in [4.69, 9.17) is 4.42 Å². The lowest BCUT2D eigenvalue weighted by molar-refractivity contribution is -0.121. The number of carbonyl (C=O) groups excluding carboxylic acids is 1. The third kappa shape index (κ3) is 3.32. The van der Waals surface area contributed by atoms with Crippen LogP contribution in [-0.2, 0) is 11.2 Å². The van der Waals surface area contributed by atoms with Crippen LogP contribution in [0.25, 0.3) is 0 Å². The Morgan fingerprint density at radius 2 is 2.06 bits per heavy atom. The van der Waals surface area contributed by atoms with Crippen LogP contribution in [-0.4, -0.2) is 16.9 Å². The zero-order chi connectivity index (χ0) is 12.3. The van der Waals surface area contributed by atoms with Gasteiger partial charge in [-0.2, -0.15) is 0 Å². The van der Waals surface area contributed by atoms with Crippen LogP contribution < -0.4 is 5.32 Å². The second-order valence-electron chi connectivity index (χ2n) is 4.82. The van der Waals surface area contributed by atoms with Crippen molar-refractivity contribution < 1.29 is 9.21 Å². The highest BCUT2D eigenvalue weighted by atomic mass is 16.4. The lowest BCUT2D eigenvalue weighted by Crippen LogP contribution is -2.37. The smallest absolute Gasteiger partial charge is 0.227 e. The maximum atomic E-state index is 11.8. The number of hydrogen-bond donors (Lipinski definition) is 1. The van der Waals surface area contributed by atoms with Crippen molar-refractivity contribution in [3.63, 3.8) is 0 Å². The highest BCUT2D eigenvalue weighted by Crippen LogP contribution is 2.17. The van der Waals surface area contributed by atoms with Crippen molar-refractivity contribution in [2.24, 2.45) is 0 Å². The Balaban J connectivity index is 1.86. The van der Waals surface area contributed by atoms with E-state index in [0.29, 0.717) is 24.1 Å². The summed E-state index contributed by atoms with van der Waals surface area (Å²) in [4.78, 5) is 16.0. The molecule has 0 aromatic carbocycles. The van der Waals surface area contributed by atoms with Crippen LogP contribution in [0.2, 0.25) is 0 Å². The number of aromatic nitrogens is 1. The Kier molecular flexibility index (Phi) is 3.82. The van der Waals surface area contributed by atoms with Crippen LogP contribution in [0.3, 0.4) is 0 Å². The Labute approximate surface area is 102 Å². The lowest BCUT2D eigenvalue weighted by atomic mass is 9.95. The molecule has 0 radical (unpaired) electrons. The second-order valence-corrected chi connectivity index (χ2v) is 4.82. The van der Waals surface area contributed by atoms with Gasteiger partial charge in [-0.05, 0) is 19.8 Å². The quantitative estimate of drug-likeness (QED) is 0.876. The van der Waals surface area contributed by atoms with Crippen LogP contribution in [0.4, 0.5) is 0 Å². The molecule has 0 unspecified atom stereocenters. The van der Waals surface area contributed by atoms with E-state index in [2.05, 4.69) is 10.3 Å². The molecule has 1 N–H and O–H groups in total. The van der Waals surface area contributed by atoms with Crippen LogP contribution in [0, 0.1) is 13.8 Å². The first-order valence-electron chi connectivity index (χ1n) is 6.37. The summed E-state index contributed by atoms with van der Waals surface area (Å²) < 4.78 is 5.40. The topological polar surface area (TPSA) is 55.1 Å². The van der Waals surface area contributed by atoms with Crippen molar-refractivity contribution >= 4 is 5.91 Å². The van der Waals surface area contributed by atoms with E-state index in [1.807, 2.05) is 6.92 Å². The normalized spacial score (nSPS) is 17.1. The minimum Gasteiger partial charge on any atom is -0.445 e. The van der Waals surface area contributed by atoms with Gasteiger partial charge < -0.3 is 9.73 Å². The standard InChI is InChI=1S/C13H20N2O2/c1-9-12(17-10(2)14-9)8-13(16)15-11-6-4-3-5-7-11/h11H,3-8H2,1-2H3,(H,15,16). The van der Waals surface area contributed by atoms with Gasteiger partial charge in [-0.1, -0.05) is 19.3 Å². The molecule has 0 bridgehead atoms. The minimum absolute atomic E-state index is 0.0520. The number of aryl methyl sites for hydroxylation is 2. The van der Waals surface area contributed by atoms with Crippen molar-refractivity contribution in [2.45, 2.75) is 58.4 Å². The summed E-state index contributed by atoms with van der Waals surface area (Å²) in [6, 6.07) is 0.362. The number of oxazole rings is 1. The molecule has 0 saturated heterocycles. The molecular formula is C13H20N2O2. The van der Waals surface area contributed by atoms with E-state index >= 15 is 0 Å². The average Bonchev–Trinajstić information content (AvgIpc) is 2.58. The Morgan fingerprint density at radius 3 is 2.65 bits per heavy atom. The van der Waals surface area contributed by atoms with Gasteiger partial charge in [0.2, 0.25) is 5.91 Å². The van der Waals surface area contributed by atoms with Gasteiger partial charge in [-0.25, -0.2) is 4.98 Å². The summed E-state index contributed by atoms with van der Waals surface area (Å²) in [5.41, 5.74) is 0.821. The zero-order valence-electron chi connectivity index (χ0n) is 10.6. The van der Waals surface area contributed by atoms with Crippen LogP contribution in [0.5, 0.6) is 0 Å². The molecule has 0 atom stereocenters. The molecule has 4 nitrogen and oxygen atoms in total. The van der Waals surface area contributed by atoms with Crippen LogP contribution in [0.15, 0.2) is 4.42 Å². The van der Waals surface area contributed by atoms with Crippen molar-refractivity contribution in [2.75, 3.05) is 0 Å². The molecule has 1 aliphatic carbocycles. The van der Waals surface area contributed by atoms with Gasteiger partial charge in [-0.3, -0.25) is 4.79 Å². The predicted octanol–water partition coefficient (Wildman–Crippen LogP) is 2.28. The summed E-state index contributed by atoms with van der Waals surface area (Å²) in [6.45, 7) is 3.68. The fourth-order valence-corrected chi connectivity index (χ4v) is 2.41. The SMILES string of the molecule is Cc1nc(C)c(CC(=O)NC2CCCCC2)o1. The molecular weight excluding hydrogens is 216 g/mol. The molecule has 1 aliphatic rings. The number of hydrogen-bond acceptors (Lipinski definition) is 3. The van der Waals surface area contributed by atoms with E-state index < -0.39 is 0 Å². The first-order chi connectivity index (χ1) is 8.15. The number of nitrogens with one attached hydrogen (secondary N) is 1. The summed E-state index contributed by atoms with van der Waals surface area (Å²) in [6.07, 6.45) is 6.28. The first-order valence-corrected chi connectivity index (χ1v) is 6.37. The third-order valence-corrected chi connectivity index (χ3v) is 3.29. The molecule has 0 spiro atoms. The number of nitrogens with zero attached hydrogens (tertiary/aromatic N) is 1. The Morgan fingerprint density at radius 1 is 1.35 bits per heavy atom. The molecule has 17 heavy (non-hydrogen) atoms. The number of amides is 1. The fraction of sp³-hybridized carbons (Fsp3) is 0.692. The molecule has 0 aliphatic heterocycles. The van der Waals surface area contributed by atoms with E-state index in [1.54, 1.807) is 6.92 Å². The van der Waals surface area contributed by atoms with Crippen molar-refractivity contribution in [1.82, 2.24) is 10.3 Å². The minimum atomic E-state index is 0.0520. The molecule has 1 heterocycles. The van der Waals surface area contributed by atoms with E-state index in [1.165, 1.54) is 19.3 Å². The van der Waals surface area contributed by atoms with Gasteiger partial charge in [0.15, 0.2) is 5.89 Å². The van der Waals surface area contributed by atoms with Crippen LogP contribution >= 0.6 is 0 Å². The predicted molar refractivity (Wildman–Crippen MR) is 64.7 cm³/mol. The Bertz CT molecular complexity index is 392. The van der Waals surface area contributed by atoms with Crippen LogP contribution in [0.1, 0.15) is 49.4 Å². The molecule has 2 rings (SSSR count). The van der Waals surface area contributed by atoms with Gasteiger partial charge in [0.25, 0.3) is 0 Å². The van der Waals surface area contributed by atoms with Gasteiger partial charge in [0.05, 0.1) is 12.1 Å². The van der Waals surface area contributed by atoms with Gasteiger partial charge in [-0.15, -0.1) is 0 Å². The summed E-state index contributed by atoms with van der Waals surface area (Å²) in [5.74, 6) is 1.37. The maximum absolute atomic E-state index is 11.8. The maximum Gasteiger partial charge on any atom is 0.227 e. The van der Waals surface area contributed by atoms with Gasteiger partial charge >= 0.3 is 0 Å². The Hall–Kier alpha value is -1.32. The van der Waals surface area contributed by atoms with Crippen molar-refractivity contribution in [1.29, 1.82) is 0 Å².